The zero-order valence-electron chi connectivity index (χ0n) is 17.5. The van der Waals surface area contributed by atoms with Gasteiger partial charge >= 0.3 is 0 Å². The predicted octanol–water partition coefficient (Wildman–Crippen LogP) is 1.91. The van der Waals surface area contributed by atoms with E-state index in [4.69, 9.17) is 5.26 Å². The molecule has 1 atom stereocenters. The van der Waals surface area contributed by atoms with Crippen molar-refractivity contribution in [2.75, 3.05) is 27.9 Å². The summed E-state index contributed by atoms with van der Waals surface area (Å²) in [6.07, 6.45) is 4.77. The van der Waals surface area contributed by atoms with Gasteiger partial charge in [-0.3, -0.25) is 4.79 Å². The first-order chi connectivity index (χ1) is 14.4. The molecule has 0 aromatic carbocycles. The fourth-order valence-corrected chi connectivity index (χ4v) is 3.96. The van der Waals surface area contributed by atoms with Gasteiger partial charge in [-0.25, -0.2) is 15.0 Å². The van der Waals surface area contributed by atoms with Crippen LogP contribution in [0.1, 0.15) is 37.9 Å². The molecule has 3 N–H and O–H groups in total. The van der Waals surface area contributed by atoms with Gasteiger partial charge in [0.1, 0.15) is 17.8 Å². The lowest BCUT2D eigenvalue weighted by molar-refractivity contribution is -0.118. The largest absolute Gasteiger partial charge is 0.351 e. The average Bonchev–Trinajstić information content (AvgIpc) is 2.67. The predicted molar refractivity (Wildman–Crippen MR) is 113 cm³/mol. The van der Waals surface area contributed by atoms with Crippen LogP contribution in [0.2, 0.25) is 0 Å². The minimum absolute atomic E-state index is 0.0228. The highest BCUT2D eigenvalue weighted by atomic mass is 16.2. The zero-order chi connectivity index (χ0) is 21.4. The lowest BCUT2D eigenvalue weighted by Crippen LogP contribution is -2.50. The molecular weight excluding hydrogens is 382 g/mol. The molecule has 10 nitrogen and oxygen atoms in total. The van der Waals surface area contributed by atoms with E-state index in [2.05, 4.69) is 35.9 Å². The van der Waals surface area contributed by atoms with Gasteiger partial charge in [-0.05, 0) is 25.7 Å². The number of hydrogen-bond acceptors (Lipinski definition) is 9. The molecule has 1 fully saturated rings. The second-order valence-corrected chi connectivity index (χ2v) is 8.18. The Balaban J connectivity index is 1.40. The van der Waals surface area contributed by atoms with Crippen molar-refractivity contribution in [2.24, 2.45) is 5.92 Å². The standard InChI is InChI=1S/C20H25N9O/c1-10(2)16-18(30)27-15-11(3)24-20(28-17(15)29(16)4)26-14-5-13(6-14)25-19-22-8-12(7-21)9-23-19/h8-10,13-14,16H,5-6H2,1-4H3,(H,27,30)(H,22,23,25)(H,24,26,28)/t13-,14+,16?. The molecular formula is C20H25N9O. The summed E-state index contributed by atoms with van der Waals surface area (Å²) in [4.78, 5) is 31.9. The van der Waals surface area contributed by atoms with E-state index in [1.165, 1.54) is 12.4 Å². The normalized spacial score (nSPS) is 22.6. The SMILES string of the molecule is Cc1nc(N[C@H]2C[C@@H](Nc3ncc(C#N)cn3)C2)nc2c1NC(=O)C(C(C)C)N2C. The topological polar surface area (TPSA) is 132 Å². The summed E-state index contributed by atoms with van der Waals surface area (Å²) in [6, 6.07) is 2.24. The second kappa shape index (κ2) is 7.74. The molecule has 1 aliphatic heterocycles. The lowest BCUT2D eigenvalue weighted by atomic mass is 9.87. The number of nitriles is 1. The Hall–Kier alpha value is -3.48. The van der Waals surface area contributed by atoms with E-state index < -0.39 is 0 Å². The van der Waals surface area contributed by atoms with Gasteiger partial charge in [0.25, 0.3) is 0 Å². The number of hydrogen-bond donors (Lipinski definition) is 3. The number of aryl methyl sites for hydroxylation is 1. The van der Waals surface area contributed by atoms with Crippen LogP contribution in [0.5, 0.6) is 0 Å². The summed E-state index contributed by atoms with van der Waals surface area (Å²) < 4.78 is 0. The molecule has 4 rings (SSSR count). The van der Waals surface area contributed by atoms with E-state index in [0.29, 0.717) is 23.1 Å². The first-order valence-corrected chi connectivity index (χ1v) is 10.0. The molecule has 2 aromatic rings. The number of carbonyl (C=O) groups excluding carboxylic acids is 1. The summed E-state index contributed by atoms with van der Waals surface area (Å²) in [5.74, 6) is 1.97. The molecule has 0 spiro atoms. The second-order valence-electron chi connectivity index (χ2n) is 8.18. The molecule has 10 heteroatoms. The minimum atomic E-state index is -0.260. The Bertz CT molecular complexity index is 993. The Morgan fingerprint density at radius 3 is 2.40 bits per heavy atom. The van der Waals surface area contributed by atoms with Crippen molar-refractivity contribution in [1.29, 1.82) is 5.26 Å². The van der Waals surface area contributed by atoms with Crippen LogP contribution in [0.25, 0.3) is 0 Å². The van der Waals surface area contributed by atoms with Crippen molar-refractivity contribution in [3.8, 4) is 6.07 Å². The van der Waals surface area contributed by atoms with E-state index in [1.54, 1.807) is 0 Å². The number of nitrogens with zero attached hydrogens (tertiary/aromatic N) is 6. The monoisotopic (exact) mass is 407 g/mol. The van der Waals surface area contributed by atoms with E-state index in [0.717, 1.165) is 24.4 Å². The van der Waals surface area contributed by atoms with Gasteiger partial charge < -0.3 is 20.9 Å². The number of carbonyl (C=O) groups is 1. The number of fused-ring (bicyclic) bond motifs is 1. The molecule has 1 amide bonds. The average molecular weight is 407 g/mol. The molecule has 2 aromatic heterocycles. The molecule has 30 heavy (non-hydrogen) atoms. The van der Waals surface area contributed by atoms with Crippen LogP contribution >= 0.6 is 0 Å². The third-order valence-electron chi connectivity index (χ3n) is 5.56. The highest BCUT2D eigenvalue weighted by Crippen LogP contribution is 2.35. The number of anilines is 4. The zero-order valence-corrected chi connectivity index (χ0v) is 17.5. The maximum absolute atomic E-state index is 12.4. The molecule has 0 saturated heterocycles. The van der Waals surface area contributed by atoms with Crippen molar-refractivity contribution in [3.05, 3.63) is 23.7 Å². The first-order valence-electron chi connectivity index (χ1n) is 10.0. The van der Waals surface area contributed by atoms with Crippen LogP contribution in [0.15, 0.2) is 12.4 Å². The summed E-state index contributed by atoms with van der Waals surface area (Å²) >= 11 is 0. The number of aromatic nitrogens is 4. The first kappa shape index (κ1) is 19.8. The molecule has 1 unspecified atom stereocenters. The molecule has 1 saturated carbocycles. The molecule has 2 aliphatic rings. The van der Waals surface area contributed by atoms with Crippen LogP contribution in [-0.2, 0) is 4.79 Å². The van der Waals surface area contributed by atoms with Gasteiger partial charge in [0, 0.05) is 19.1 Å². The fraction of sp³-hybridized carbons (Fsp3) is 0.500. The molecule has 3 heterocycles. The Labute approximate surface area is 175 Å². The third kappa shape index (κ3) is 3.70. The van der Waals surface area contributed by atoms with Crippen molar-refractivity contribution >= 4 is 29.3 Å². The Morgan fingerprint density at radius 2 is 1.80 bits per heavy atom. The quantitative estimate of drug-likeness (QED) is 0.680. The maximum atomic E-state index is 12.4. The van der Waals surface area contributed by atoms with Gasteiger partial charge in [-0.15, -0.1) is 0 Å². The summed E-state index contributed by atoms with van der Waals surface area (Å²) in [5.41, 5.74) is 1.86. The van der Waals surface area contributed by atoms with Crippen LogP contribution in [0, 0.1) is 24.2 Å². The van der Waals surface area contributed by atoms with Gasteiger partial charge in [-0.1, -0.05) is 13.8 Å². The number of nitrogens with one attached hydrogen (secondary N) is 3. The van der Waals surface area contributed by atoms with Crippen molar-refractivity contribution in [2.45, 2.75) is 51.7 Å². The van der Waals surface area contributed by atoms with Crippen molar-refractivity contribution < 1.29 is 4.79 Å². The smallest absolute Gasteiger partial charge is 0.247 e. The van der Waals surface area contributed by atoms with Gasteiger partial charge in [0.2, 0.25) is 17.8 Å². The highest BCUT2D eigenvalue weighted by Gasteiger charge is 2.36. The summed E-state index contributed by atoms with van der Waals surface area (Å²) in [7, 11) is 1.90. The molecule has 0 radical (unpaired) electrons. The van der Waals surface area contributed by atoms with Crippen molar-refractivity contribution in [3.63, 3.8) is 0 Å². The van der Waals surface area contributed by atoms with E-state index >= 15 is 0 Å². The highest BCUT2D eigenvalue weighted by molar-refractivity contribution is 6.03. The van der Waals surface area contributed by atoms with E-state index in [1.807, 2.05) is 38.8 Å². The summed E-state index contributed by atoms with van der Waals surface area (Å²) in [6.45, 7) is 5.93. The van der Waals surface area contributed by atoms with E-state index in [-0.39, 0.29) is 30.0 Å². The van der Waals surface area contributed by atoms with E-state index in [9.17, 15) is 4.79 Å². The van der Waals surface area contributed by atoms with Crippen LogP contribution < -0.4 is 20.9 Å². The Morgan fingerprint density at radius 1 is 1.17 bits per heavy atom. The number of rotatable bonds is 5. The maximum Gasteiger partial charge on any atom is 0.247 e. The Kier molecular flexibility index (Phi) is 5.11. The third-order valence-corrected chi connectivity index (χ3v) is 5.56. The van der Waals surface area contributed by atoms with Gasteiger partial charge in [0.15, 0.2) is 5.82 Å². The van der Waals surface area contributed by atoms with Crippen LogP contribution in [0.3, 0.4) is 0 Å². The van der Waals surface area contributed by atoms with Gasteiger partial charge in [-0.2, -0.15) is 10.2 Å². The fourth-order valence-electron chi connectivity index (χ4n) is 3.96. The molecule has 156 valence electrons. The van der Waals surface area contributed by atoms with Crippen LogP contribution in [0.4, 0.5) is 23.4 Å². The van der Waals surface area contributed by atoms with Crippen molar-refractivity contribution in [1.82, 2.24) is 19.9 Å². The molecule has 1 aliphatic carbocycles. The van der Waals surface area contributed by atoms with Crippen LogP contribution in [-0.4, -0.2) is 51.0 Å². The number of amides is 1. The lowest BCUT2D eigenvalue weighted by Gasteiger charge is -2.38. The van der Waals surface area contributed by atoms with Gasteiger partial charge in [0.05, 0.1) is 23.7 Å². The minimum Gasteiger partial charge on any atom is -0.351 e. The number of likely N-dealkylation sites (N-methyl/N-ethyl adjacent to an activating group) is 1. The molecule has 0 bridgehead atoms. The summed E-state index contributed by atoms with van der Waals surface area (Å²) in [5, 5.41) is 18.4.